The standard InChI is InChI=1S/C10H14N/c1-8(2)10-6-4-3-5-9(10)7-11/h4-6,8H,7,11H2,1-2H3. The SMILES string of the molecule is CC(C)c1cc[c]cc1CN. The van der Waals surface area contributed by atoms with Gasteiger partial charge in [-0.3, -0.25) is 0 Å². The van der Waals surface area contributed by atoms with Crippen molar-refractivity contribution in [3.63, 3.8) is 0 Å². The first kappa shape index (κ1) is 8.28. The summed E-state index contributed by atoms with van der Waals surface area (Å²) in [6, 6.07) is 9.02. The Hall–Kier alpha value is -0.820. The van der Waals surface area contributed by atoms with Crippen molar-refractivity contribution in [3.8, 4) is 0 Å². The van der Waals surface area contributed by atoms with Crippen molar-refractivity contribution in [2.45, 2.75) is 26.3 Å². The van der Waals surface area contributed by atoms with Crippen LogP contribution in [0.25, 0.3) is 0 Å². The molecule has 0 saturated heterocycles. The molecule has 1 nitrogen and oxygen atoms in total. The Morgan fingerprint density at radius 2 is 2.27 bits per heavy atom. The maximum Gasteiger partial charge on any atom is 0.0181 e. The van der Waals surface area contributed by atoms with E-state index in [0.29, 0.717) is 12.5 Å². The molecule has 0 heterocycles. The van der Waals surface area contributed by atoms with Crippen LogP contribution < -0.4 is 5.73 Å². The van der Waals surface area contributed by atoms with Crippen molar-refractivity contribution in [1.29, 1.82) is 0 Å². The highest BCUT2D eigenvalue weighted by Gasteiger charge is 2.02. The lowest BCUT2D eigenvalue weighted by Gasteiger charge is -2.09. The largest absolute Gasteiger partial charge is 0.326 e. The van der Waals surface area contributed by atoms with Gasteiger partial charge in [0.15, 0.2) is 0 Å². The van der Waals surface area contributed by atoms with Crippen LogP contribution in [-0.4, -0.2) is 0 Å². The second-order valence-corrected chi connectivity index (χ2v) is 2.98. The van der Waals surface area contributed by atoms with Gasteiger partial charge in [0.05, 0.1) is 0 Å². The molecule has 2 N–H and O–H groups in total. The Morgan fingerprint density at radius 1 is 1.55 bits per heavy atom. The Kier molecular flexibility index (Phi) is 2.66. The van der Waals surface area contributed by atoms with Crippen LogP contribution in [0.1, 0.15) is 30.9 Å². The van der Waals surface area contributed by atoms with Gasteiger partial charge in [0.1, 0.15) is 0 Å². The van der Waals surface area contributed by atoms with Gasteiger partial charge in [-0.15, -0.1) is 0 Å². The number of nitrogens with two attached hydrogens (primary N) is 1. The average Bonchev–Trinajstić information content (AvgIpc) is 2.04. The zero-order chi connectivity index (χ0) is 8.27. The van der Waals surface area contributed by atoms with E-state index in [2.05, 4.69) is 26.0 Å². The summed E-state index contributed by atoms with van der Waals surface area (Å²) in [6.45, 7) is 4.97. The normalized spacial score (nSPS) is 10.5. The van der Waals surface area contributed by atoms with E-state index in [1.165, 1.54) is 11.1 Å². The lowest BCUT2D eigenvalue weighted by atomic mass is 9.97. The quantitative estimate of drug-likeness (QED) is 0.682. The van der Waals surface area contributed by atoms with Crippen molar-refractivity contribution >= 4 is 0 Å². The lowest BCUT2D eigenvalue weighted by molar-refractivity contribution is 0.839. The van der Waals surface area contributed by atoms with Crippen LogP contribution in [0.3, 0.4) is 0 Å². The molecule has 1 aromatic rings. The molecular weight excluding hydrogens is 134 g/mol. The van der Waals surface area contributed by atoms with Crippen LogP contribution in [-0.2, 0) is 6.54 Å². The Bertz CT molecular complexity index is 228. The van der Waals surface area contributed by atoms with Crippen LogP contribution in [0, 0.1) is 6.07 Å². The molecule has 0 atom stereocenters. The maximum absolute atomic E-state index is 5.57. The minimum Gasteiger partial charge on any atom is -0.326 e. The monoisotopic (exact) mass is 148 g/mol. The summed E-state index contributed by atoms with van der Waals surface area (Å²) in [5.41, 5.74) is 8.12. The molecule has 11 heavy (non-hydrogen) atoms. The van der Waals surface area contributed by atoms with E-state index in [9.17, 15) is 0 Å². The summed E-state index contributed by atoms with van der Waals surface area (Å²) >= 11 is 0. The third-order valence-corrected chi connectivity index (χ3v) is 1.83. The highest BCUT2D eigenvalue weighted by atomic mass is 14.5. The zero-order valence-corrected chi connectivity index (χ0v) is 7.09. The number of benzene rings is 1. The van der Waals surface area contributed by atoms with Crippen molar-refractivity contribution in [2.24, 2.45) is 5.73 Å². The first-order valence-electron chi connectivity index (χ1n) is 3.94. The molecule has 1 heteroatoms. The topological polar surface area (TPSA) is 26.0 Å². The van der Waals surface area contributed by atoms with Crippen LogP contribution >= 0.6 is 0 Å². The molecule has 0 aliphatic rings. The predicted molar refractivity (Wildman–Crippen MR) is 47.3 cm³/mol. The molecule has 0 bridgehead atoms. The number of hydrogen-bond donors (Lipinski definition) is 1. The molecular formula is C10H14N. The molecule has 1 radical (unpaired) electrons. The van der Waals surface area contributed by atoms with Gasteiger partial charge in [-0.25, -0.2) is 0 Å². The van der Waals surface area contributed by atoms with Gasteiger partial charge >= 0.3 is 0 Å². The van der Waals surface area contributed by atoms with Gasteiger partial charge in [0.2, 0.25) is 0 Å². The van der Waals surface area contributed by atoms with Crippen LogP contribution in [0.15, 0.2) is 18.2 Å². The third-order valence-electron chi connectivity index (χ3n) is 1.83. The highest BCUT2D eigenvalue weighted by molar-refractivity contribution is 5.28. The molecule has 0 unspecified atom stereocenters. The van der Waals surface area contributed by atoms with E-state index in [1.807, 2.05) is 12.1 Å². The van der Waals surface area contributed by atoms with E-state index in [1.54, 1.807) is 0 Å². The summed E-state index contributed by atoms with van der Waals surface area (Å²) < 4.78 is 0. The highest BCUT2D eigenvalue weighted by Crippen LogP contribution is 2.17. The number of rotatable bonds is 2. The van der Waals surface area contributed by atoms with Crippen LogP contribution in [0.5, 0.6) is 0 Å². The molecule has 59 valence electrons. The van der Waals surface area contributed by atoms with E-state index in [0.717, 1.165) is 0 Å². The molecule has 0 spiro atoms. The summed E-state index contributed by atoms with van der Waals surface area (Å²) in [5.74, 6) is 0.558. The van der Waals surface area contributed by atoms with Crippen LogP contribution in [0.4, 0.5) is 0 Å². The van der Waals surface area contributed by atoms with Gasteiger partial charge in [-0.05, 0) is 29.2 Å². The van der Waals surface area contributed by atoms with E-state index >= 15 is 0 Å². The van der Waals surface area contributed by atoms with E-state index in [-0.39, 0.29) is 0 Å². The fourth-order valence-corrected chi connectivity index (χ4v) is 1.22. The van der Waals surface area contributed by atoms with Gasteiger partial charge in [-0.2, -0.15) is 0 Å². The molecule has 0 saturated carbocycles. The van der Waals surface area contributed by atoms with Gasteiger partial charge in [0.25, 0.3) is 0 Å². The van der Waals surface area contributed by atoms with Crippen LogP contribution in [0.2, 0.25) is 0 Å². The minimum atomic E-state index is 0.558. The van der Waals surface area contributed by atoms with Crippen molar-refractivity contribution < 1.29 is 0 Å². The summed E-state index contributed by atoms with van der Waals surface area (Å²) in [4.78, 5) is 0. The Balaban J connectivity index is 3.02. The zero-order valence-electron chi connectivity index (χ0n) is 7.09. The molecule has 1 aromatic carbocycles. The molecule has 0 aromatic heterocycles. The molecule has 0 fully saturated rings. The molecule has 1 rings (SSSR count). The fraction of sp³-hybridized carbons (Fsp3) is 0.400. The smallest absolute Gasteiger partial charge is 0.0181 e. The first-order chi connectivity index (χ1) is 5.25. The second-order valence-electron chi connectivity index (χ2n) is 2.98. The van der Waals surface area contributed by atoms with Gasteiger partial charge in [-0.1, -0.05) is 26.0 Å². The van der Waals surface area contributed by atoms with Crippen molar-refractivity contribution in [2.75, 3.05) is 0 Å². The minimum absolute atomic E-state index is 0.558. The van der Waals surface area contributed by atoms with Gasteiger partial charge < -0.3 is 5.73 Å². The molecule has 0 amide bonds. The maximum atomic E-state index is 5.57. The van der Waals surface area contributed by atoms with Crippen molar-refractivity contribution in [3.05, 3.63) is 35.4 Å². The molecule has 0 aliphatic heterocycles. The predicted octanol–water partition coefficient (Wildman–Crippen LogP) is 2.07. The average molecular weight is 148 g/mol. The van der Waals surface area contributed by atoms with Crippen molar-refractivity contribution in [1.82, 2.24) is 0 Å². The second kappa shape index (κ2) is 3.54. The third kappa shape index (κ3) is 1.81. The van der Waals surface area contributed by atoms with E-state index in [4.69, 9.17) is 5.73 Å². The molecule has 0 aliphatic carbocycles. The summed E-state index contributed by atoms with van der Waals surface area (Å²) in [6.07, 6.45) is 0. The van der Waals surface area contributed by atoms with Gasteiger partial charge in [0, 0.05) is 6.54 Å². The Labute approximate surface area is 68.2 Å². The number of hydrogen-bond acceptors (Lipinski definition) is 1. The van der Waals surface area contributed by atoms with E-state index < -0.39 is 0 Å². The lowest BCUT2D eigenvalue weighted by Crippen LogP contribution is -2.02. The summed E-state index contributed by atoms with van der Waals surface area (Å²) in [7, 11) is 0. The Morgan fingerprint density at radius 3 is 2.73 bits per heavy atom. The summed E-state index contributed by atoms with van der Waals surface area (Å²) in [5, 5.41) is 0. The fourth-order valence-electron chi connectivity index (χ4n) is 1.22. The first-order valence-corrected chi connectivity index (χ1v) is 3.94.